The molecule has 0 radical (unpaired) electrons. The van der Waals surface area contributed by atoms with Crippen LogP contribution in [0.25, 0.3) is 5.70 Å². The first-order valence-corrected chi connectivity index (χ1v) is 13.2. The number of benzene rings is 4. The van der Waals surface area contributed by atoms with Crippen molar-refractivity contribution >= 4 is 23.0 Å². The Kier molecular flexibility index (Phi) is 8.39. The van der Waals surface area contributed by atoms with Gasteiger partial charge in [-0.2, -0.15) is 5.26 Å². The molecule has 0 aliphatic heterocycles. The van der Waals surface area contributed by atoms with Crippen LogP contribution in [0.1, 0.15) is 75.5 Å². The molecule has 4 aromatic rings. The summed E-state index contributed by atoms with van der Waals surface area (Å²) >= 11 is 0. The Morgan fingerprint density at radius 2 is 1.00 bits per heavy atom. The summed E-state index contributed by atoms with van der Waals surface area (Å²) in [5.41, 5.74) is 8.35. The number of rotatable bonds is 10. The lowest BCUT2D eigenvalue weighted by Crippen LogP contribution is -2.21. The second-order valence-corrected chi connectivity index (χ2v) is 10.1. The molecular weight excluding hydrogens is 528 g/mol. The molecule has 1 unspecified atom stereocenters. The van der Waals surface area contributed by atoms with Crippen molar-refractivity contribution in [3.8, 4) is 29.1 Å². The van der Waals surface area contributed by atoms with Crippen LogP contribution in [0, 0.1) is 11.3 Å². The van der Waals surface area contributed by atoms with Crippen molar-refractivity contribution in [2.75, 3.05) is 0 Å². The van der Waals surface area contributed by atoms with Crippen molar-refractivity contribution in [3.63, 3.8) is 0 Å². The van der Waals surface area contributed by atoms with Gasteiger partial charge < -0.3 is 15.2 Å². The van der Waals surface area contributed by atoms with Gasteiger partial charge in [0.15, 0.2) is 17.3 Å². The Hall–Kier alpha value is -5.48. The lowest BCUT2D eigenvalue weighted by atomic mass is 9.77. The standard InChI is InChI=1S/C35H30N2O5/c1-21(37)33-18-29(14-16-31(33)22(2)38)41-27-10-6-25(7-11-27)35(5,20-36)26-8-12-28(13-9-26)42-30-15-17-32(23(3)39)34(19-30)24(4)40/h6-19H,1,37H2,2-5H3. The van der Waals surface area contributed by atoms with Crippen LogP contribution in [0.2, 0.25) is 0 Å². The average molecular weight is 559 g/mol. The van der Waals surface area contributed by atoms with Crippen LogP contribution in [0.4, 0.5) is 0 Å². The Labute approximate surface area is 244 Å². The summed E-state index contributed by atoms with van der Waals surface area (Å²) in [6, 6.07) is 26.6. The number of carbonyl (C=O) groups excluding carboxylic acids is 3. The summed E-state index contributed by atoms with van der Waals surface area (Å²) in [6.07, 6.45) is 0. The van der Waals surface area contributed by atoms with E-state index in [9.17, 15) is 19.6 Å². The number of hydrogen-bond donors (Lipinski definition) is 1. The zero-order valence-corrected chi connectivity index (χ0v) is 23.9. The van der Waals surface area contributed by atoms with Crippen LogP contribution in [-0.2, 0) is 5.41 Å². The van der Waals surface area contributed by atoms with Crippen molar-refractivity contribution < 1.29 is 23.9 Å². The van der Waals surface area contributed by atoms with Crippen molar-refractivity contribution in [1.82, 2.24) is 0 Å². The molecule has 0 aliphatic rings. The molecule has 1 atom stereocenters. The van der Waals surface area contributed by atoms with E-state index in [0.717, 1.165) is 11.1 Å². The Morgan fingerprint density at radius 3 is 1.36 bits per heavy atom. The Morgan fingerprint density at radius 1 is 0.643 bits per heavy atom. The molecule has 0 amide bonds. The summed E-state index contributed by atoms with van der Waals surface area (Å²) in [4.78, 5) is 35.7. The molecule has 0 saturated carbocycles. The van der Waals surface area contributed by atoms with Gasteiger partial charge in [0.05, 0.1) is 6.07 Å². The fourth-order valence-corrected chi connectivity index (χ4v) is 4.63. The van der Waals surface area contributed by atoms with Gasteiger partial charge in [0.1, 0.15) is 28.4 Å². The van der Waals surface area contributed by atoms with Crippen LogP contribution in [0.3, 0.4) is 0 Å². The Bertz CT molecular complexity index is 1630. The first-order valence-electron chi connectivity index (χ1n) is 13.2. The second kappa shape index (κ2) is 11.9. The van der Waals surface area contributed by atoms with E-state index in [2.05, 4.69) is 12.6 Å². The largest absolute Gasteiger partial charge is 0.457 e. The maximum atomic E-state index is 12.0. The minimum atomic E-state index is -0.963. The third-order valence-electron chi connectivity index (χ3n) is 7.02. The summed E-state index contributed by atoms with van der Waals surface area (Å²) in [6.45, 7) is 9.87. The molecule has 7 nitrogen and oxygen atoms in total. The van der Waals surface area contributed by atoms with Crippen molar-refractivity contribution in [1.29, 1.82) is 5.26 Å². The van der Waals surface area contributed by atoms with Crippen molar-refractivity contribution in [2.45, 2.75) is 33.1 Å². The van der Waals surface area contributed by atoms with Gasteiger partial charge in [-0.05, 0) is 99.5 Å². The predicted octanol–water partition coefficient (Wildman–Crippen LogP) is 7.64. The Balaban J connectivity index is 1.53. The smallest absolute Gasteiger partial charge is 0.160 e. The maximum absolute atomic E-state index is 12.0. The SMILES string of the molecule is C=C(N)c1cc(Oc2ccc(C(C)(C#N)c3ccc(Oc4ccc(C(C)=O)c(C(C)=O)c4)cc3)cc2)ccc1C(C)=O. The number of ketones is 3. The molecule has 0 spiro atoms. The molecule has 0 bridgehead atoms. The summed E-state index contributed by atoms with van der Waals surface area (Å²) in [5, 5.41) is 10.2. The van der Waals surface area contributed by atoms with Crippen molar-refractivity contribution in [3.05, 3.63) is 125 Å². The van der Waals surface area contributed by atoms with Crippen LogP contribution in [0.15, 0.2) is 91.5 Å². The summed E-state index contributed by atoms with van der Waals surface area (Å²) < 4.78 is 11.9. The summed E-state index contributed by atoms with van der Waals surface area (Å²) in [5.74, 6) is 1.46. The van der Waals surface area contributed by atoms with E-state index in [-0.39, 0.29) is 23.0 Å². The molecular formula is C35H30N2O5. The zero-order valence-electron chi connectivity index (χ0n) is 23.9. The molecule has 0 aromatic heterocycles. The highest BCUT2D eigenvalue weighted by Gasteiger charge is 2.29. The van der Waals surface area contributed by atoms with E-state index in [1.807, 2.05) is 31.2 Å². The van der Waals surface area contributed by atoms with E-state index in [0.29, 0.717) is 45.3 Å². The van der Waals surface area contributed by atoms with Gasteiger partial charge in [0, 0.05) is 28.0 Å². The van der Waals surface area contributed by atoms with Gasteiger partial charge in [-0.15, -0.1) is 0 Å². The number of Topliss-reactive ketones (excluding diaryl/α,β-unsaturated/α-hetero) is 3. The first-order chi connectivity index (χ1) is 19.9. The van der Waals surface area contributed by atoms with E-state index in [1.165, 1.54) is 20.8 Å². The zero-order chi connectivity index (χ0) is 30.6. The number of nitrogens with two attached hydrogens (primary N) is 1. The molecule has 0 saturated heterocycles. The fourth-order valence-electron chi connectivity index (χ4n) is 4.63. The van der Waals surface area contributed by atoms with Gasteiger partial charge in [0.25, 0.3) is 0 Å². The number of carbonyl (C=O) groups is 3. The molecule has 0 aliphatic carbocycles. The van der Waals surface area contributed by atoms with Gasteiger partial charge in [0.2, 0.25) is 0 Å². The molecule has 7 heteroatoms. The van der Waals surface area contributed by atoms with Gasteiger partial charge in [-0.1, -0.05) is 30.8 Å². The third-order valence-corrected chi connectivity index (χ3v) is 7.02. The summed E-state index contributed by atoms with van der Waals surface area (Å²) in [7, 11) is 0. The molecule has 210 valence electrons. The molecule has 0 heterocycles. The van der Waals surface area contributed by atoms with Crippen LogP contribution < -0.4 is 15.2 Å². The molecule has 42 heavy (non-hydrogen) atoms. The van der Waals surface area contributed by atoms with Gasteiger partial charge >= 0.3 is 0 Å². The average Bonchev–Trinajstić information content (AvgIpc) is 2.97. The number of ether oxygens (including phenoxy) is 2. The lowest BCUT2D eigenvalue weighted by Gasteiger charge is -2.23. The van der Waals surface area contributed by atoms with Crippen LogP contribution in [0.5, 0.6) is 23.0 Å². The van der Waals surface area contributed by atoms with E-state index in [4.69, 9.17) is 15.2 Å². The minimum absolute atomic E-state index is 0.117. The quantitative estimate of drug-likeness (QED) is 0.199. The van der Waals surface area contributed by atoms with Crippen molar-refractivity contribution in [2.24, 2.45) is 5.73 Å². The predicted molar refractivity (Wildman–Crippen MR) is 161 cm³/mol. The highest BCUT2D eigenvalue weighted by Crippen LogP contribution is 2.35. The van der Waals surface area contributed by atoms with Gasteiger partial charge in [-0.25, -0.2) is 0 Å². The second-order valence-electron chi connectivity index (χ2n) is 10.1. The molecule has 4 rings (SSSR count). The van der Waals surface area contributed by atoms with E-state index in [1.54, 1.807) is 60.7 Å². The van der Waals surface area contributed by atoms with Crippen LogP contribution in [-0.4, -0.2) is 17.3 Å². The van der Waals surface area contributed by atoms with Gasteiger partial charge in [-0.3, -0.25) is 14.4 Å². The highest BCUT2D eigenvalue weighted by molar-refractivity contribution is 6.07. The normalized spacial score (nSPS) is 12.0. The lowest BCUT2D eigenvalue weighted by molar-refractivity contribution is 0.0980. The molecule has 0 fully saturated rings. The van der Waals surface area contributed by atoms with E-state index >= 15 is 0 Å². The highest BCUT2D eigenvalue weighted by atomic mass is 16.5. The fraction of sp³-hybridized carbons (Fsp3) is 0.143. The minimum Gasteiger partial charge on any atom is -0.457 e. The third kappa shape index (κ3) is 6.13. The molecule has 4 aromatic carbocycles. The topological polar surface area (TPSA) is 119 Å². The van der Waals surface area contributed by atoms with Crippen LogP contribution >= 0.6 is 0 Å². The number of nitriles is 1. The molecule has 2 N–H and O–H groups in total. The number of nitrogens with zero attached hydrogens (tertiary/aromatic N) is 1. The first kappa shape index (κ1) is 29.5. The monoisotopic (exact) mass is 558 g/mol. The van der Waals surface area contributed by atoms with E-state index < -0.39 is 5.41 Å². The number of hydrogen-bond acceptors (Lipinski definition) is 7. The maximum Gasteiger partial charge on any atom is 0.160 e.